The Bertz CT molecular complexity index is 1380. The molecule has 0 aliphatic carbocycles. The van der Waals surface area contributed by atoms with Crippen molar-refractivity contribution < 1.29 is 19.4 Å². The molecule has 4 aromatic rings. The molecule has 1 heterocycles. The third-order valence-corrected chi connectivity index (χ3v) is 5.85. The third kappa shape index (κ3) is 5.76. The van der Waals surface area contributed by atoms with Crippen LogP contribution < -0.4 is 4.74 Å². The number of halogens is 2. The molecule has 7 heteroatoms. The molecule has 1 N–H and O–H groups in total. The lowest BCUT2D eigenvalue weighted by Gasteiger charge is -2.28. The van der Waals surface area contributed by atoms with Crippen molar-refractivity contribution in [3.05, 3.63) is 87.9 Å². The third-order valence-electron chi connectivity index (χ3n) is 5.34. The maximum Gasteiger partial charge on any atom is 0.337 e. The summed E-state index contributed by atoms with van der Waals surface area (Å²) in [4.78, 5) is 17.1. The minimum absolute atomic E-state index is 0.412. The normalized spacial score (nSPS) is 12.5. The maximum atomic E-state index is 12.4. The van der Waals surface area contributed by atoms with Gasteiger partial charge in [-0.05, 0) is 92.9 Å². The summed E-state index contributed by atoms with van der Waals surface area (Å²) >= 11 is 12.1. The molecule has 0 saturated heterocycles. The Hall–Kier alpha value is -3.12. The first kappa shape index (κ1) is 25.0. The molecule has 0 unspecified atom stereocenters. The fraction of sp³-hybridized carbons (Fsp3) is 0.214. The molecule has 3 aromatic carbocycles. The number of aliphatic carboxylic acids is 1. The molecule has 1 aromatic heterocycles. The minimum atomic E-state index is -1.17. The fourth-order valence-corrected chi connectivity index (χ4v) is 4.19. The molecular formula is C28H25Cl2NO4. The summed E-state index contributed by atoms with van der Waals surface area (Å²) in [5, 5.41) is 12.1. The van der Waals surface area contributed by atoms with Gasteiger partial charge in [-0.15, -0.1) is 0 Å². The number of carboxylic acid groups (broad SMARTS) is 1. The van der Waals surface area contributed by atoms with Crippen LogP contribution in [0.5, 0.6) is 11.6 Å². The largest absolute Gasteiger partial charge is 0.479 e. The van der Waals surface area contributed by atoms with E-state index in [9.17, 15) is 9.90 Å². The SMILES string of the molecule is Cc1cc2nc(Oc3ccc(Cl)cc3)ccc2c(-c2ccc(Cl)cc2)c1[C@H](OC(C)(C)C)C(=O)O. The Kier molecular flexibility index (Phi) is 7.04. The zero-order valence-electron chi connectivity index (χ0n) is 19.8. The molecule has 5 nitrogen and oxygen atoms in total. The molecule has 0 amide bonds. The van der Waals surface area contributed by atoms with Crippen molar-refractivity contribution in [1.82, 2.24) is 4.98 Å². The summed E-state index contributed by atoms with van der Waals surface area (Å²) < 4.78 is 12.0. The molecule has 0 radical (unpaired) electrons. The number of hydrogen-bond acceptors (Lipinski definition) is 4. The average Bonchev–Trinajstić information content (AvgIpc) is 2.78. The second-order valence-corrected chi connectivity index (χ2v) is 10.1. The Labute approximate surface area is 214 Å². The number of fused-ring (bicyclic) bond motifs is 1. The number of carboxylic acids is 1. The van der Waals surface area contributed by atoms with Crippen LogP contribution in [0.2, 0.25) is 10.0 Å². The van der Waals surface area contributed by atoms with E-state index in [1.54, 1.807) is 42.5 Å². The number of ether oxygens (including phenoxy) is 2. The molecule has 0 bridgehead atoms. The maximum absolute atomic E-state index is 12.4. The minimum Gasteiger partial charge on any atom is -0.479 e. The smallest absolute Gasteiger partial charge is 0.337 e. The highest BCUT2D eigenvalue weighted by Crippen LogP contribution is 2.41. The zero-order valence-corrected chi connectivity index (χ0v) is 21.3. The van der Waals surface area contributed by atoms with E-state index in [4.69, 9.17) is 37.7 Å². The van der Waals surface area contributed by atoms with E-state index in [1.807, 2.05) is 52.0 Å². The second-order valence-electron chi connectivity index (χ2n) is 9.21. The number of carbonyl (C=O) groups is 1. The summed E-state index contributed by atoms with van der Waals surface area (Å²) in [6, 6.07) is 19.8. The fourth-order valence-electron chi connectivity index (χ4n) is 3.93. The van der Waals surface area contributed by atoms with E-state index in [0.717, 1.165) is 22.1 Å². The zero-order chi connectivity index (χ0) is 25.3. The van der Waals surface area contributed by atoms with Gasteiger partial charge in [-0.2, -0.15) is 0 Å². The highest BCUT2D eigenvalue weighted by molar-refractivity contribution is 6.30. The molecule has 1 atom stereocenters. The van der Waals surface area contributed by atoms with Gasteiger partial charge in [-0.1, -0.05) is 35.3 Å². The standard InChI is InChI=1S/C28H25Cl2NO4/c1-16-15-22-21(13-14-23(31-22)34-20-11-9-19(30)10-12-20)25(17-5-7-18(29)8-6-17)24(16)26(27(32)33)35-28(2,3)4/h5-15,26H,1-4H3,(H,32,33)/t26-/m0/s1. The lowest BCUT2D eigenvalue weighted by Crippen LogP contribution is -2.28. The van der Waals surface area contributed by atoms with Gasteiger partial charge in [0, 0.05) is 27.1 Å². The van der Waals surface area contributed by atoms with Crippen LogP contribution in [0.1, 0.15) is 38.0 Å². The first-order valence-electron chi connectivity index (χ1n) is 11.1. The first-order valence-corrected chi connectivity index (χ1v) is 11.8. The molecule has 0 spiro atoms. The van der Waals surface area contributed by atoms with E-state index in [0.29, 0.717) is 32.8 Å². The number of pyridine rings is 1. The van der Waals surface area contributed by atoms with E-state index < -0.39 is 17.7 Å². The quantitative estimate of drug-likeness (QED) is 0.283. The predicted molar refractivity (Wildman–Crippen MR) is 140 cm³/mol. The van der Waals surface area contributed by atoms with Crippen LogP contribution in [0.25, 0.3) is 22.0 Å². The Morgan fingerprint density at radius 2 is 1.54 bits per heavy atom. The molecule has 0 aliphatic heterocycles. The van der Waals surface area contributed by atoms with Crippen LogP contribution >= 0.6 is 23.2 Å². The second kappa shape index (κ2) is 9.86. The van der Waals surface area contributed by atoms with Crippen molar-refractivity contribution in [2.24, 2.45) is 0 Å². The molecule has 0 saturated carbocycles. The number of aromatic nitrogens is 1. The van der Waals surface area contributed by atoms with Crippen molar-refractivity contribution in [3.8, 4) is 22.8 Å². The van der Waals surface area contributed by atoms with Gasteiger partial charge < -0.3 is 14.6 Å². The van der Waals surface area contributed by atoms with Crippen molar-refractivity contribution in [2.45, 2.75) is 39.4 Å². The van der Waals surface area contributed by atoms with E-state index in [-0.39, 0.29) is 0 Å². The number of aryl methyl sites for hydroxylation is 1. The summed E-state index contributed by atoms with van der Waals surface area (Å²) in [7, 11) is 0. The summed E-state index contributed by atoms with van der Waals surface area (Å²) in [6.45, 7) is 7.38. The molecule has 180 valence electrons. The van der Waals surface area contributed by atoms with Crippen LogP contribution in [-0.4, -0.2) is 21.7 Å². The van der Waals surface area contributed by atoms with Crippen molar-refractivity contribution in [2.75, 3.05) is 0 Å². The Morgan fingerprint density at radius 3 is 2.11 bits per heavy atom. The predicted octanol–water partition coefficient (Wildman–Crippen LogP) is 8.25. The average molecular weight is 510 g/mol. The first-order chi connectivity index (χ1) is 16.5. The summed E-state index contributed by atoms with van der Waals surface area (Å²) in [6.07, 6.45) is -1.17. The lowest BCUT2D eigenvalue weighted by molar-refractivity contribution is -0.160. The topological polar surface area (TPSA) is 68.7 Å². The lowest BCUT2D eigenvalue weighted by atomic mass is 9.88. The van der Waals surface area contributed by atoms with E-state index in [1.165, 1.54) is 0 Å². The number of benzene rings is 3. The number of nitrogens with zero attached hydrogens (tertiary/aromatic N) is 1. The van der Waals surface area contributed by atoms with Crippen LogP contribution in [0.4, 0.5) is 0 Å². The number of rotatable bonds is 6. The molecule has 0 aliphatic rings. The van der Waals surface area contributed by atoms with Gasteiger partial charge in [-0.25, -0.2) is 9.78 Å². The van der Waals surface area contributed by atoms with Crippen molar-refractivity contribution >= 4 is 40.1 Å². The van der Waals surface area contributed by atoms with Gasteiger partial charge in [0.1, 0.15) is 5.75 Å². The Morgan fingerprint density at radius 1 is 0.943 bits per heavy atom. The summed E-state index contributed by atoms with van der Waals surface area (Å²) in [5.41, 5.74) is 2.87. The van der Waals surface area contributed by atoms with Gasteiger partial charge in [0.2, 0.25) is 5.88 Å². The van der Waals surface area contributed by atoms with Gasteiger partial charge >= 0.3 is 5.97 Å². The summed E-state index contributed by atoms with van der Waals surface area (Å²) in [5.74, 6) is -0.0416. The molecular weight excluding hydrogens is 485 g/mol. The van der Waals surface area contributed by atoms with E-state index in [2.05, 4.69) is 0 Å². The van der Waals surface area contributed by atoms with Crippen LogP contribution in [-0.2, 0) is 9.53 Å². The van der Waals surface area contributed by atoms with Crippen molar-refractivity contribution in [1.29, 1.82) is 0 Å². The Balaban J connectivity index is 1.92. The van der Waals surface area contributed by atoms with E-state index >= 15 is 0 Å². The monoisotopic (exact) mass is 509 g/mol. The molecule has 4 rings (SSSR count). The molecule has 0 fully saturated rings. The van der Waals surface area contributed by atoms with Gasteiger partial charge in [0.05, 0.1) is 11.1 Å². The highest BCUT2D eigenvalue weighted by atomic mass is 35.5. The molecule has 35 heavy (non-hydrogen) atoms. The van der Waals surface area contributed by atoms with Crippen molar-refractivity contribution in [3.63, 3.8) is 0 Å². The van der Waals surface area contributed by atoms with Crippen LogP contribution in [0.15, 0.2) is 66.7 Å². The number of hydrogen-bond donors (Lipinski definition) is 1. The highest BCUT2D eigenvalue weighted by Gasteiger charge is 2.31. The van der Waals surface area contributed by atoms with Gasteiger partial charge in [-0.3, -0.25) is 0 Å². The van der Waals surface area contributed by atoms with Gasteiger partial charge in [0.15, 0.2) is 6.10 Å². The van der Waals surface area contributed by atoms with Crippen LogP contribution in [0.3, 0.4) is 0 Å². The van der Waals surface area contributed by atoms with Gasteiger partial charge in [0.25, 0.3) is 0 Å². The van der Waals surface area contributed by atoms with Crippen LogP contribution in [0, 0.1) is 6.92 Å².